The Labute approximate surface area is 160 Å². The van der Waals surface area contributed by atoms with Crippen molar-refractivity contribution in [2.75, 3.05) is 19.5 Å². The Morgan fingerprint density at radius 1 is 1.07 bits per heavy atom. The van der Waals surface area contributed by atoms with Crippen LogP contribution in [0.25, 0.3) is 0 Å². The number of hydrogen-bond acceptors (Lipinski definition) is 5. The third kappa shape index (κ3) is 4.91. The van der Waals surface area contributed by atoms with Crippen molar-refractivity contribution in [2.24, 2.45) is 0 Å². The van der Waals surface area contributed by atoms with E-state index in [1.54, 1.807) is 0 Å². The van der Waals surface area contributed by atoms with Crippen LogP contribution in [-0.4, -0.2) is 32.7 Å². The van der Waals surface area contributed by atoms with Crippen LogP contribution in [0.15, 0.2) is 34.8 Å². The highest BCUT2D eigenvalue weighted by atomic mass is 79.9. The molecule has 6 nitrogen and oxygen atoms in total. The second-order valence-electron chi connectivity index (χ2n) is 5.00. The molecule has 1 amide bonds. The monoisotopic (exact) mass is 447 g/mol. The van der Waals surface area contributed by atoms with Crippen LogP contribution in [0.1, 0.15) is 20.7 Å². The summed E-state index contributed by atoms with van der Waals surface area (Å²) in [5, 5.41) is 2.29. The SMILES string of the molecule is COC(=O)c1cc(OC)c(OC(F)F)cc1NC(=O)c1ccc(Br)cc1F. The Balaban J connectivity index is 2.48. The van der Waals surface area contributed by atoms with Crippen LogP contribution in [-0.2, 0) is 4.74 Å². The second-order valence-corrected chi connectivity index (χ2v) is 5.91. The summed E-state index contributed by atoms with van der Waals surface area (Å²) in [7, 11) is 2.28. The molecule has 27 heavy (non-hydrogen) atoms. The normalized spacial score (nSPS) is 10.5. The van der Waals surface area contributed by atoms with E-state index in [0.29, 0.717) is 4.47 Å². The molecular weight excluding hydrogens is 435 g/mol. The number of carbonyl (C=O) groups is 2. The van der Waals surface area contributed by atoms with Gasteiger partial charge in [0.05, 0.1) is 31.0 Å². The Morgan fingerprint density at radius 2 is 1.78 bits per heavy atom. The molecule has 2 aromatic carbocycles. The third-order valence-corrected chi connectivity index (χ3v) is 3.84. The first-order valence-corrected chi connectivity index (χ1v) is 8.07. The van der Waals surface area contributed by atoms with Crippen molar-refractivity contribution in [1.82, 2.24) is 0 Å². The Morgan fingerprint density at radius 3 is 2.33 bits per heavy atom. The zero-order valence-electron chi connectivity index (χ0n) is 14.0. The number of amides is 1. The molecule has 1 N–H and O–H groups in total. The van der Waals surface area contributed by atoms with Gasteiger partial charge in [0.1, 0.15) is 5.82 Å². The number of esters is 1. The van der Waals surface area contributed by atoms with Crippen LogP contribution in [0.2, 0.25) is 0 Å². The van der Waals surface area contributed by atoms with Crippen LogP contribution in [0, 0.1) is 5.82 Å². The van der Waals surface area contributed by atoms with Gasteiger partial charge in [0.15, 0.2) is 11.5 Å². The van der Waals surface area contributed by atoms with E-state index in [1.807, 2.05) is 0 Å². The van der Waals surface area contributed by atoms with Gasteiger partial charge in [0, 0.05) is 16.6 Å². The van der Waals surface area contributed by atoms with Crippen LogP contribution < -0.4 is 14.8 Å². The maximum Gasteiger partial charge on any atom is 0.387 e. The van der Waals surface area contributed by atoms with Gasteiger partial charge in [-0.05, 0) is 18.2 Å². The number of nitrogens with one attached hydrogen (secondary N) is 1. The van der Waals surface area contributed by atoms with Crippen molar-refractivity contribution in [2.45, 2.75) is 6.61 Å². The molecule has 0 bridgehead atoms. The van der Waals surface area contributed by atoms with Crippen LogP contribution >= 0.6 is 15.9 Å². The van der Waals surface area contributed by atoms with Crippen molar-refractivity contribution in [3.8, 4) is 11.5 Å². The van der Waals surface area contributed by atoms with Gasteiger partial charge in [-0.25, -0.2) is 9.18 Å². The molecule has 0 saturated heterocycles. The Hall–Kier alpha value is -2.75. The molecule has 0 unspecified atom stereocenters. The summed E-state index contributed by atoms with van der Waals surface area (Å²) < 4.78 is 53.4. The van der Waals surface area contributed by atoms with Crippen LogP contribution in [0.4, 0.5) is 18.9 Å². The fourth-order valence-corrected chi connectivity index (χ4v) is 2.49. The molecule has 0 aliphatic rings. The summed E-state index contributed by atoms with van der Waals surface area (Å²) in [6.07, 6.45) is 0. The quantitative estimate of drug-likeness (QED) is 0.670. The highest BCUT2D eigenvalue weighted by molar-refractivity contribution is 9.10. The summed E-state index contributed by atoms with van der Waals surface area (Å²) in [4.78, 5) is 24.3. The third-order valence-electron chi connectivity index (χ3n) is 3.35. The zero-order chi connectivity index (χ0) is 20.1. The molecular formula is C17H13BrF3NO5. The molecule has 0 radical (unpaired) electrons. The predicted octanol–water partition coefficient (Wildman–Crippen LogP) is 4.24. The number of methoxy groups -OCH3 is 2. The highest BCUT2D eigenvalue weighted by Gasteiger charge is 2.22. The molecule has 0 fully saturated rings. The van der Waals surface area contributed by atoms with Gasteiger partial charge in [-0.1, -0.05) is 15.9 Å². The minimum absolute atomic E-state index is 0.177. The lowest BCUT2D eigenvalue weighted by molar-refractivity contribution is -0.0511. The number of carbonyl (C=O) groups excluding carboxylic acids is 2. The number of rotatable bonds is 6. The predicted molar refractivity (Wildman–Crippen MR) is 93.0 cm³/mol. The van der Waals surface area contributed by atoms with Crippen molar-refractivity contribution < 1.29 is 37.0 Å². The molecule has 0 spiro atoms. The van der Waals surface area contributed by atoms with Crippen LogP contribution in [0.3, 0.4) is 0 Å². The number of halogens is 4. The maximum absolute atomic E-state index is 14.0. The van der Waals surface area contributed by atoms with Gasteiger partial charge in [0.2, 0.25) is 0 Å². The van der Waals surface area contributed by atoms with E-state index in [4.69, 9.17) is 4.74 Å². The van der Waals surface area contributed by atoms with Gasteiger partial charge < -0.3 is 19.5 Å². The first-order valence-electron chi connectivity index (χ1n) is 7.28. The van der Waals surface area contributed by atoms with Gasteiger partial charge in [-0.15, -0.1) is 0 Å². The summed E-state index contributed by atoms with van der Waals surface area (Å²) in [5.41, 5.74) is -0.728. The van der Waals surface area contributed by atoms with E-state index in [1.165, 1.54) is 19.2 Å². The summed E-state index contributed by atoms with van der Waals surface area (Å²) in [6, 6.07) is 5.77. The second kappa shape index (κ2) is 8.76. The van der Waals surface area contributed by atoms with E-state index in [2.05, 4.69) is 30.7 Å². The maximum atomic E-state index is 14.0. The average Bonchev–Trinajstić information content (AvgIpc) is 2.60. The first kappa shape index (κ1) is 20.6. The molecule has 0 heterocycles. The average molecular weight is 448 g/mol. The minimum atomic E-state index is -3.17. The number of ether oxygens (including phenoxy) is 3. The molecule has 0 aliphatic heterocycles. The first-order chi connectivity index (χ1) is 12.8. The number of anilines is 1. The molecule has 0 saturated carbocycles. The van der Waals surface area contributed by atoms with Gasteiger partial charge in [-0.3, -0.25) is 4.79 Å². The van der Waals surface area contributed by atoms with E-state index in [-0.39, 0.29) is 22.6 Å². The molecule has 0 aliphatic carbocycles. The van der Waals surface area contributed by atoms with Gasteiger partial charge in [0.25, 0.3) is 5.91 Å². The minimum Gasteiger partial charge on any atom is -0.493 e. The van der Waals surface area contributed by atoms with Crippen molar-refractivity contribution in [1.29, 1.82) is 0 Å². The van der Waals surface area contributed by atoms with Gasteiger partial charge >= 0.3 is 12.6 Å². The van der Waals surface area contributed by atoms with Crippen molar-refractivity contribution >= 4 is 33.5 Å². The molecule has 0 aromatic heterocycles. The highest BCUT2D eigenvalue weighted by Crippen LogP contribution is 2.35. The van der Waals surface area contributed by atoms with E-state index in [0.717, 1.165) is 25.3 Å². The molecule has 10 heteroatoms. The smallest absolute Gasteiger partial charge is 0.387 e. The topological polar surface area (TPSA) is 73.9 Å². The van der Waals surface area contributed by atoms with Crippen LogP contribution in [0.5, 0.6) is 11.5 Å². The van der Waals surface area contributed by atoms with Gasteiger partial charge in [-0.2, -0.15) is 8.78 Å². The van der Waals surface area contributed by atoms with Crippen molar-refractivity contribution in [3.63, 3.8) is 0 Å². The number of hydrogen-bond donors (Lipinski definition) is 1. The molecule has 0 atom stereocenters. The summed E-state index contributed by atoms with van der Waals surface area (Å²) in [5.74, 6) is -3.20. The lowest BCUT2D eigenvalue weighted by atomic mass is 10.1. The standard InChI is InChI=1S/C17H13BrF3NO5/c1-25-13-6-10(16(24)26-2)12(7-14(13)27-17(20)21)22-15(23)9-4-3-8(18)5-11(9)19/h3-7,17H,1-2H3,(H,22,23). The fraction of sp³-hybridized carbons (Fsp3) is 0.176. The summed E-state index contributed by atoms with van der Waals surface area (Å²) in [6.45, 7) is -3.17. The number of benzene rings is 2. The lowest BCUT2D eigenvalue weighted by Gasteiger charge is -2.15. The Bertz CT molecular complexity index is 876. The van der Waals surface area contributed by atoms with E-state index >= 15 is 0 Å². The number of alkyl halides is 2. The Kier molecular flexibility index (Phi) is 6.67. The molecule has 2 rings (SSSR count). The van der Waals surface area contributed by atoms with E-state index in [9.17, 15) is 22.8 Å². The zero-order valence-corrected chi connectivity index (χ0v) is 15.6. The lowest BCUT2D eigenvalue weighted by Crippen LogP contribution is -2.17. The van der Waals surface area contributed by atoms with E-state index < -0.39 is 30.1 Å². The molecule has 2 aromatic rings. The van der Waals surface area contributed by atoms with Crippen molar-refractivity contribution in [3.05, 3.63) is 51.7 Å². The summed E-state index contributed by atoms with van der Waals surface area (Å²) >= 11 is 3.07. The molecule has 144 valence electrons. The largest absolute Gasteiger partial charge is 0.493 e. The fourth-order valence-electron chi connectivity index (χ4n) is 2.15.